The fraction of sp³-hybridized carbons (Fsp3) is 0.909. The standard InChI is InChI=1S/C11H23N3O/c1-9(2)10-8-12-6-5-7-14(10)11(15)13(3)4/h9-10,12H,5-8H2,1-4H3. The number of carbonyl (C=O) groups excluding carboxylic acids is 1. The number of carbonyl (C=O) groups is 1. The van der Waals surface area contributed by atoms with Crippen molar-refractivity contribution in [3.8, 4) is 0 Å². The highest BCUT2D eigenvalue weighted by atomic mass is 16.2. The Bertz CT molecular complexity index is 216. The molecule has 2 amide bonds. The zero-order valence-corrected chi connectivity index (χ0v) is 10.3. The summed E-state index contributed by atoms with van der Waals surface area (Å²) in [4.78, 5) is 15.7. The van der Waals surface area contributed by atoms with Crippen LogP contribution in [0.1, 0.15) is 20.3 Å². The Labute approximate surface area is 92.6 Å². The summed E-state index contributed by atoms with van der Waals surface area (Å²) in [6, 6.07) is 0.458. The van der Waals surface area contributed by atoms with Crippen LogP contribution in [0.2, 0.25) is 0 Å². The first-order valence-corrected chi connectivity index (χ1v) is 5.72. The van der Waals surface area contributed by atoms with Crippen LogP contribution in [-0.4, -0.2) is 55.6 Å². The third kappa shape index (κ3) is 3.09. The maximum atomic E-state index is 12.0. The molecule has 1 saturated heterocycles. The molecule has 0 aromatic carbocycles. The second-order valence-corrected chi connectivity index (χ2v) is 4.74. The van der Waals surface area contributed by atoms with E-state index < -0.39 is 0 Å². The Balaban J connectivity index is 2.74. The number of hydrogen-bond donors (Lipinski definition) is 1. The van der Waals surface area contributed by atoms with Gasteiger partial charge < -0.3 is 15.1 Å². The van der Waals surface area contributed by atoms with Gasteiger partial charge in [0.15, 0.2) is 0 Å². The fourth-order valence-electron chi connectivity index (χ4n) is 1.99. The third-order valence-corrected chi connectivity index (χ3v) is 2.90. The number of hydrogen-bond acceptors (Lipinski definition) is 2. The van der Waals surface area contributed by atoms with Crippen LogP contribution in [0.3, 0.4) is 0 Å². The van der Waals surface area contributed by atoms with E-state index in [9.17, 15) is 4.79 Å². The summed E-state index contributed by atoms with van der Waals surface area (Å²) in [6.45, 7) is 7.14. The van der Waals surface area contributed by atoms with E-state index in [0.29, 0.717) is 12.0 Å². The van der Waals surface area contributed by atoms with Gasteiger partial charge in [-0.15, -0.1) is 0 Å². The average Bonchev–Trinajstić information content (AvgIpc) is 2.40. The molecule has 0 aliphatic carbocycles. The van der Waals surface area contributed by atoms with E-state index in [0.717, 1.165) is 26.1 Å². The predicted molar refractivity (Wildman–Crippen MR) is 61.9 cm³/mol. The highest BCUT2D eigenvalue weighted by Crippen LogP contribution is 2.14. The fourth-order valence-corrected chi connectivity index (χ4v) is 1.99. The van der Waals surface area contributed by atoms with Crippen molar-refractivity contribution in [1.82, 2.24) is 15.1 Å². The van der Waals surface area contributed by atoms with Crippen LogP contribution in [0.25, 0.3) is 0 Å². The first-order valence-electron chi connectivity index (χ1n) is 5.72. The van der Waals surface area contributed by atoms with Gasteiger partial charge in [-0.2, -0.15) is 0 Å². The van der Waals surface area contributed by atoms with E-state index in [4.69, 9.17) is 0 Å². The van der Waals surface area contributed by atoms with Crippen LogP contribution in [0.4, 0.5) is 4.79 Å². The lowest BCUT2D eigenvalue weighted by molar-refractivity contribution is 0.138. The first kappa shape index (κ1) is 12.3. The highest BCUT2D eigenvalue weighted by molar-refractivity contribution is 5.74. The van der Waals surface area contributed by atoms with Crippen molar-refractivity contribution in [3.63, 3.8) is 0 Å². The molecule has 1 aliphatic rings. The molecule has 0 aromatic heterocycles. The molecule has 0 saturated carbocycles. The van der Waals surface area contributed by atoms with Gasteiger partial charge in [-0.05, 0) is 18.9 Å². The minimum Gasteiger partial charge on any atom is -0.331 e. The number of nitrogens with zero attached hydrogens (tertiary/aromatic N) is 2. The van der Waals surface area contributed by atoms with Crippen molar-refractivity contribution < 1.29 is 4.79 Å². The van der Waals surface area contributed by atoms with E-state index in [1.807, 2.05) is 19.0 Å². The summed E-state index contributed by atoms with van der Waals surface area (Å²) in [5, 5.41) is 3.39. The number of amides is 2. The van der Waals surface area contributed by atoms with Crippen molar-refractivity contribution in [3.05, 3.63) is 0 Å². The molecule has 0 bridgehead atoms. The Morgan fingerprint density at radius 2 is 2.13 bits per heavy atom. The van der Waals surface area contributed by atoms with Crippen molar-refractivity contribution in [1.29, 1.82) is 0 Å². The molecule has 15 heavy (non-hydrogen) atoms. The maximum absolute atomic E-state index is 12.0. The highest BCUT2D eigenvalue weighted by Gasteiger charge is 2.28. The van der Waals surface area contributed by atoms with Gasteiger partial charge in [0.05, 0.1) is 0 Å². The molecule has 0 aromatic rings. The lowest BCUT2D eigenvalue weighted by atomic mass is 10.0. The summed E-state index contributed by atoms with van der Waals surface area (Å²) >= 11 is 0. The predicted octanol–water partition coefficient (Wildman–Crippen LogP) is 0.988. The summed E-state index contributed by atoms with van der Waals surface area (Å²) in [5.74, 6) is 0.500. The average molecular weight is 213 g/mol. The maximum Gasteiger partial charge on any atom is 0.319 e. The minimum absolute atomic E-state index is 0.136. The third-order valence-electron chi connectivity index (χ3n) is 2.90. The quantitative estimate of drug-likeness (QED) is 0.705. The van der Waals surface area contributed by atoms with E-state index in [1.54, 1.807) is 4.90 Å². The SMILES string of the molecule is CC(C)C1CNCCCN1C(=O)N(C)C. The second-order valence-electron chi connectivity index (χ2n) is 4.74. The van der Waals surface area contributed by atoms with Crippen LogP contribution in [0.15, 0.2) is 0 Å². The number of nitrogens with one attached hydrogen (secondary N) is 1. The van der Waals surface area contributed by atoms with Crippen molar-refractivity contribution in [2.24, 2.45) is 5.92 Å². The monoisotopic (exact) mass is 213 g/mol. The zero-order valence-electron chi connectivity index (χ0n) is 10.3. The summed E-state index contributed by atoms with van der Waals surface area (Å²) < 4.78 is 0. The summed E-state index contributed by atoms with van der Waals surface area (Å²) in [6.07, 6.45) is 1.04. The Morgan fingerprint density at radius 3 is 2.67 bits per heavy atom. The molecule has 0 spiro atoms. The largest absolute Gasteiger partial charge is 0.331 e. The topological polar surface area (TPSA) is 35.6 Å². The van der Waals surface area contributed by atoms with Crippen LogP contribution in [0.5, 0.6) is 0 Å². The van der Waals surface area contributed by atoms with E-state index >= 15 is 0 Å². The molecule has 1 heterocycles. The molecule has 1 atom stereocenters. The Kier molecular flexibility index (Phi) is 4.39. The second kappa shape index (κ2) is 5.35. The molecular weight excluding hydrogens is 190 g/mol. The molecule has 1 fully saturated rings. The van der Waals surface area contributed by atoms with E-state index in [2.05, 4.69) is 19.2 Å². The van der Waals surface area contributed by atoms with Gasteiger partial charge >= 0.3 is 6.03 Å². The van der Waals surface area contributed by atoms with Crippen LogP contribution < -0.4 is 5.32 Å². The normalized spacial score (nSPS) is 22.7. The molecule has 4 heteroatoms. The lowest BCUT2D eigenvalue weighted by Crippen LogP contribution is -2.50. The van der Waals surface area contributed by atoms with Gasteiger partial charge in [-0.1, -0.05) is 13.8 Å². The molecular formula is C11H23N3O. The molecule has 1 rings (SSSR count). The Hall–Kier alpha value is -0.770. The summed E-state index contributed by atoms with van der Waals surface area (Å²) in [5.41, 5.74) is 0. The minimum atomic E-state index is 0.136. The number of rotatable bonds is 1. The van der Waals surface area contributed by atoms with E-state index in [1.165, 1.54) is 0 Å². The van der Waals surface area contributed by atoms with Crippen LogP contribution >= 0.6 is 0 Å². The molecule has 88 valence electrons. The van der Waals surface area contributed by atoms with Crippen LogP contribution in [0, 0.1) is 5.92 Å². The Morgan fingerprint density at radius 1 is 1.47 bits per heavy atom. The van der Waals surface area contributed by atoms with Crippen LogP contribution in [-0.2, 0) is 0 Å². The molecule has 1 aliphatic heterocycles. The van der Waals surface area contributed by atoms with Crippen molar-refractivity contribution in [2.45, 2.75) is 26.3 Å². The van der Waals surface area contributed by atoms with Crippen molar-refractivity contribution in [2.75, 3.05) is 33.7 Å². The molecule has 0 radical (unpaired) electrons. The van der Waals surface area contributed by atoms with Gasteiger partial charge in [0.1, 0.15) is 0 Å². The van der Waals surface area contributed by atoms with Gasteiger partial charge in [0, 0.05) is 33.2 Å². The molecule has 4 nitrogen and oxygen atoms in total. The first-order chi connectivity index (χ1) is 7.04. The molecule has 1 unspecified atom stereocenters. The zero-order chi connectivity index (χ0) is 11.4. The van der Waals surface area contributed by atoms with Gasteiger partial charge in [0.25, 0.3) is 0 Å². The summed E-state index contributed by atoms with van der Waals surface area (Å²) in [7, 11) is 3.64. The van der Waals surface area contributed by atoms with Gasteiger partial charge in [-0.25, -0.2) is 4.79 Å². The van der Waals surface area contributed by atoms with Gasteiger partial charge in [-0.3, -0.25) is 0 Å². The molecule has 1 N–H and O–H groups in total. The lowest BCUT2D eigenvalue weighted by Gasteiger charge is -2.34. The number of urea groups is 1. The van der Waals surface area contributed by atoms with Gasteiger partial charge in [0.2, 0.25) is 0 Å². The smallest absolute Gasteiger partial charge is 0.319 e. The van der Waals surface area contributed by atoms with E-state index in [-0.39, 0.29) is 6.03 Å². The van der Waals surface area contributed by atoms with Crippen molar-refractivity contribution >= 4 is 6.03 Å².